The highest BCUT2D eigenvalue weighted by atomic mass is 32.2. The second-order valence-corrected chi connectivity index (χ2v) is 9.37. The van der Waals surface area contributed by atoms with Crippen LogP contribution in [-0.4, -0.2) is 51.9 Å². The summed E-state index contributed by atoms with van der Waals surface area (Å²) in [5.74, 6) is 1.00. The molecule has 0 amide bonds. The number of aliphatic hydroxyl groups is 3. The van der Waals surface area contributed by atoms with E-state index in [4.69, 9.17) is 9.47 Å². The molecule has 31 heavy (non-hydrogen) atoms. The normalized spacial score (nSPS) is 28.5. The van der Waals surface area contributed by atoms with Crippen molar-refractivity contribution in [3.63, 3.8) is 0 Å². The summed E-state index contributed by atoms with van der Waals surface area (Å²) in [7, 11) is 0. The predicted molar refractivity (Wildman–Crippen MR) is 123 cm³/mol. The van der Waals surface area contributed by atoms with Crippen molar-refractivity contribution < 1.29 is 24.8 Å². The van der Waals surface area contributed by atoms with Gasteiger partial charge in [0.15, 0.2) is 0 Å². The van der Waals surface area contributed by atoms with E-state index in [0.717, 1.165) is 50.0 Å². The Balaban J connectivity index is 1.62. The first-order chi connectivity index (χ1) is 15.0. The van der Waals surface area contributed by atoms with Gasteiger partial charge in [0.1, 0.15) is 35.6 Å². The van der Waals surface area contributed by atoms with Gasteiger partial charge in [0, 0.05) is 0 Å². The van der Waals surface area contributed by atoms with Crippen LogP contribution in [0.5, 0.6) is 5.75 Å². The van der Waals surface area contributed by atoms with Crippen molar-refractivity contribution in [2.24, 2.45) is 0 Å². The van der Waals surface area contributed by atoms with Gasteiger partial charge in [-0.25, -0.2) is 0 Å². The van der Waals surface area contributed by atoms with E-state index >= 15 is 0 Å². The number of aryl methyl sites for hydroxylation is 2. The molecular weight excluding hydrogens is 412 g/mol. The summed E-state index contributed by atoms with van der Waals surface area (Å²) >= 11 is 1.33. The average molecular weight is 445 g/mol. The number of rotatable bonds is 5. The van der Waals surface area contributed by atoms with Gasteiger partial charge >= 0.3 is 0 Å². The molecule has 0 spiro atoms. The second-order valence-electron chi connectivity index (χ2n) is 8.44. The average Bonchev–Trinajstić information content (AvgIpc) is 3.03. The predicted octanol–water partition coefficient (Wildman–Crippen LogP) is 3.40. The lowest BCUT2D eigenvalue weighted by Crippen LogP contribution is -2.52. The molecule has 0 aliphatic carbocycles. The molecule has 0 bridgehead atoms. The maximum atomic E-state index is 10.6. The quantitative estimate of drug-likeness (QED) is 0.656. The lowest BCUT2D eigenvalue weighted by atomic mass is 9.90. The fraction of sp³-hybridized carbons (Fsp3) is 0.520. The Bertz CT molecular complexity index is 899. The van der Waals surface area contributed by atoms with Gasteiger partial charge in [-0.2, -0.15) is 0 Å². The molecule has 2 heterocycles. The van der Waals surface area contributed by atoms with Crippen LogP contribution in [0.1, 0.15) is 53.7 Å². The highest BCUT2D eigenvalue weighted by molar-refractivity contribution is 7.99. The molecule has 2 aliphatic heterocycles. The van der Waals surface area contributed by atoms with Gasteiger partial charge in [-0.3, -0.25) is 0 Å². The number of hydrogen-bond donors (Lipinski definition) is 3. The molecule has 6 heteroatoms. The zero-order chi connectivity index (χ0) is 22.0. The van der Waals surface area contributed by atoms with Crippen molar-refractivity contribution in [3.8, 4) is 5.75 Å². The van der Waals surface area contributed by atoms with E-state index in [0.29, 0.717) is 0 Å². The van der Waals surface area contributed by atoms with Gasteiger partial charge in [-0.1, -0.05) is 37.3 Å². The van der Waals surface area contributed by atoms with Gasteiger partial charge in [0.05, 0.1) is 6.61 Å². The van der Waals surface area contributed by atoms with Crippen LogP contribution in [0.4, 0.5) is 0 Å². The van der Waals surface area contributed by atoms with E-state index < -0.39 is 29.9 Å². The van der Waals surface area contributed by atoms with E-state index in [2.05, 4.69) is 37.3 Å². The maximum Gasteiger partial charge on any atom is 0.132 e. The minimum atomic E-state index is -1.24. The SMILES string of the molecule is CCc1ccc([C@@H]2O[C@H](SC)[C@@H](O)[C@H](O)[C@H]2O)cc1Cc1ccc2c(c1)CCCCO2. The first-order valence-electron chi connectivity index (χ1n) is 11.1. The number of ether oxygens (including phenoxy) is 2. The molecule has 0 aromatic heterocycles. The molecule has 1 fully saturated rings. The first-order valence-corrected chi connectivity index (χ1v) is 12.4. The minimum absolute atomic E-state index is 0.581. The van der Waals surface area contributed by atoms with E-state index in [9.17, 15) is 15.3 Å². The third-order valence-electron chi connectivity index (χ3n) is 6.36. The van der Waals surface area contributed by atoms with E-state index in [-0.39, 0.29) is 0 Å². The lowest BCUT2D eigenvalue weighted by molar-refractivity contribution is -0.200. The molecule has 0 unspecified atom stereocenters. The molecule has 2 aromatic carbocycles. The van der Waals surface area contributed by atoms with Crippen LogP contribution in [-0.2, 0) is 24.0 Å². The van der Waals surface area contributed by atoms with Crippen LogP contribution in [0.3, 0.4) is 0 Å². The van der Waals surface area contributed by atoms with Crippen LogP contribution in [0.25, 0.3) is 0 Å². The molecule has 4 rings (SSSR count). The van der Waals surface area contributed by atoms with Crippen molar-refractivity contribution in [2.75, 3.05) is 12.9 Å². The standard InChI is InChI=1S/C25H32O5S/c1-3-16-8-9-18(24-22(27)21(26)23(28)25(30-24)31-2)14-19(16)13-15-7-10-20-17(12-15)6-4-5-11-29-20/h7-10,12,14,21-28H,3-6,11,13H2,1-2H3/t21-,22-,23+,24+,25-/m1/s1. The van der Waals surface area contributed by atoms with Crippen molar-refractivity contribution in [2.45, 2.75) is 68.9 Å². The Morgan fingerprint density at radius 2 is 1.81 bits per heavy atom. The molecule has 168 valence electrons. The first kappa shape index (κ1) is 22.6. The Kier molecular flexibility index (Phi) is 7.24. The maximum absolute atomic E-state index is 10.6. The van der Waals surface area contributed by atoms with Gasteiger partial charge < -0.3 is 24.8 Å². The molecule has 0 radical (unpaired) electrons. The van der Waals surface area contributed by atoms with Crippen molar-refractivity contribution in [1.29, 1.82) is 0 Å². The summed E-state index contributed by atoms with van der Waals surface area (Å²) < 4.78 is 11.8. The zero-order valence-electron chi connectivity index (χ0n) is 18.2. The second kappa shape index (κ2) is 9.92. The van der Waals surface area contributed by atoms with Gasteiger partial charge in [0.25, 0.3) is 0 Å². The van der Waals surface area contributed by atoms with E-state index in [1.54, 1.807) is 0 Å². The third-order valence-corrected chi connectivity index (χ3v) is 7.21. The highest BCUT2D eigenvalue weighted by Crippen LogP contribution is 2.37. The Labute approximate surface area is 188 Å². The van der Waals surface area contributed by atoms with Crippen LogP contribution in [0.15, 0.2) is 36.4 Å². The number of hydrogen-bond acceptors (Lipinski definition) is 6. The van der Waals surface area contributed by atoms with E-state index in [1.807, 2.05) is 12.3 Å². The largest absolute Gasteiger partial charge is 0.493 e. The van der Waals surface area contributed by atoms with Crippen LogP contribution in [0, 0.1) is 0 Å². The highest BCUT2D eigenvalue weighted by Gasteiger charge is 2.44. The topological polar surface area (TPSA) is 79.2 Å². The molecule has 0 saturated carbocycles. The molecule has 3 N–H and O–H groups in total. The number of fused-ring (bicyclic) bond motifs is 1. The molecule has 2 aliphatic rings. The van der Waals surface area contributed by atoms with Crippen LogP contribution < -0.4 is 4.74 Å². The Hall–Kier alpha value is -1.57. The van der Waals surface area contributed by atoms with Crippen LogP contribution in [0.2, 0.25) is 0 Å². The Morgan fingerprint density at radius 3 is 2.58 bits per heavy atom. The number of thioether (sulfide) groups is 1. The molecule has 2 aromatic rings. The summed E-state index contributed by atoms with van der Waals surface area (Å²) in [6, 6.07) is 12.6. The van der Waals surface area contributed by atoms with Gasteiger partial charge in [0.2, 0.25) is 0 Å². The summed E-state index contributed by atoms with van der Waals surface area (Å²) in [6.07, 6.45) is 2.58. The molecular formula is C25H32O5S. The molecule has 1 saturated heterocycles. The monoisotopic (exact) mass is 444 g/mol. The van der Waals surface area contributed by atoms with Gasteiger partial charge in [-0.15, -0.1) is 11.8 Å². The van der Waals surface area contributed by atoms with E-state index in [1.165, 1.54) is 34.0 Å². The van der Waals surface area contributed by atoms with Crippen LogP contribution >= 0.6 is 11.8 Å². The summed E-state index contributed by atoms with van der Waals surface area (Å²) in [5, 5.41) is 31.1. The summed E-state index contributed by atoms with van der Waals surface area (Å²) in [5.41, 5.74) is 5.19. The summed E-state index contributed by atoms with van der Waals surface area (Å²) in [6.45, 7) is 2.93. The Morgan fingerprint density at radius 1 is 0.968 bits per heavy atom. The van der Waals surface area contributed by atoms with Crippen molar-refractivity contribution in [1.82, 2.24) is 0 Å². The smallest absolute Gasteiger partial charge is 0.132 e. The van der Waals surface area contributed by atoms with Crippen molar-refractivity contribution >= 4 is 11.8 Å². The lowest BCUT2D eigenvalue weighted by Gasteiger charge is -2.40. The fourth-order valence-corrected chi connectivity index (χ4v) is 5.22. The number of aliphatic hydroxyl groups excluding tert-OH is 3. The summed E-state index contributed by atoms with van der Waals surface area (Å²) in [4.78, 5) is 0. The third kappa shape index (κ3) is 4.78. The number of benzene rings is 2. The minimum Gasteiger partial charge on any atom is -0.493 e. The fourth-order valence-electron chi connectivity index (χ4n) is 4.55. The zero-order valence-corrected chi connectivity index (χ0v) is 19.0. The molecule has 5 atom stereocenters. The van der Waals surface area contributed by atoms with Crippen molar-refractivity contribution in [3.05, 3.63) is 64.2 Å². The van der Waals surface area contributed by atoms with Gasteiger partial charge in [-0.05, 0) is 72.2 Å². The molecule has 5 nitrogen and oxygen atoms in total.